The molecule has 1 unspecified atom stereocenters. The Morgan fingerprint density at radius 3 is 2.79 bits per heavy atom. The lowest BCUT2D eigenvalue weighted by molar-refractivity contribution is -0.122. The summed E-state index contributed by atoms with van der Waals surface area (Å²) in [5.74, 6) is -0.0134. The van der Waals surface area contributed by atoms with E-state index in [1.165, 1.54) is 0 Å². The normalized spacial score (nSPS) is 12.1. The second-order valence-corrected chi connectivity index (χ2v) is 6.08. The van der Waals surface area contributed by atoms with Gasteiger partial charge in [-0.15, -0.1) is 0 Å². The minimum Gasteiger partial charge on any atom is -0.350 e. The third kappa shape index (κ3) is 4.06. The van der Waals surface area contributed by atoms with Crippen LogP contribution in [0.1, 0.15) is 24.9 Å². The average molecular weight is 343 g/mol. The van der Waals surface area contributed by atoms with Gasteiger partial charge >= 0.3 is 0 Å². The molecule has 6 heteroatoms. The lowest BCUT2D eigenvalue weighted by atomic mass is 10.1. The Kier molecular flexibility index (Phi) is 5.01. The third-order valence-electron chi connectivity index (χ3n) is 3.82. The smallest absolute Gasteiger partial charge is 0.222 e. The largest absolute Gasteiger partial charge is 0.350 e. The molecule has 0 radical (unpaired) electrons. The van der Waals surface area contributed by atoms with E-state index in [1.54, 1.807) is 17.1 Å². The molecule has 0 spiro atoms. The minimum absolute atomic E-state index is 0.0134. The summed E-state index contributed by atoms with van der Waals surface area (Å²) < 4.78 is 3.71. The summed E-state index contributed by atoms with van der Waals surface area (Å²) in [6.07, 6.45) is 7.63. The number of benzene rings is 1. The number of rotatable bonds is 6. The zero-order valence-electron chi connectivity index (χ0n) is 13.4. The number of halogens is 1. The molecule has 0 saturated carbocycles. The second-order valence-electron chi connectivity index (χ2n) is 5.65. The van der Waals surface area contributed by atoms with Crippen LogP contribution in [0.5, 0.6) is 0 Å². The fourth-order valence-corrected chi connectivity index (χ4v) is 2.69. The van der Waals surface area contributed by atoms with E-state index < -0.39 is 0 Å². The molecule has 2 heterocycles. The Morgan fingerprint density at radius 1 is 1.29 bits per heavy atom. The first-order valence-corrected chi connectivity index (χ1v) is 8.20. The Labute approximate surface area is 145 Å². The highest BCUT2D eigenvalue weighted by atomic mass is 35.5. The first-order valence-electron chi connectivity index (χ1n) is 7.82. The van der Waals surface area contributed by atoms with E-state index in [0.717, 1.165) is 11.3 Å². The molecule has 1 N–H and O–H groups in total. The zero-order chi connectivity index (χ0) is 16.9. The predicted molar refractivity (Wildman–Crippen MR) is 94.2 cm³/mol. The maximum absolute atomic E-state index is 12.1. The number of nitrogens with zero attached hydrogens (tertiary/aromatic N) is 3. The van der Waals surface area contributed by atoms with Crippen molar-refractivity contribution in [3.63, 3.8) is 0 Å². The number of nitrogens with one attached hydrogen (secondary N) is 1. The Balaban J connectivity index is 1.59. The van der Waals surface area contributed by atoms with Gasteiger partial charge in [0, 0.05) is 37.2 Å². The van der Waals surface area contributed by atoms with Gasteiger partial charge in [0.2, 0.25) is 5.91 Å². The van der Waals surface area contributed by atoms with Gasteiger partial charge in [0.15, 0.2) is 0 Å². The van der Waals surface area contributed by atoms with Gasteiger partial charge in [0.25, 0.3) is 0 Å². The van der Waals surface area contributed by atoms with Crippen LogP contribution in [0.4, 0.5) is 0 Å². The number of hydrogen-bond donors (Lipinski definition) is 1. The molecule has 24 heavy (non-hydrogen) atoms. The molecule has 0 bridgehead atoms. The number of carbonyl (C=O) groups is 1. The number of aryl methyl sites for hydroxylation is 1. The van der Waals surface area contributed by atoms with Gasteiger partial charge in [0.1, 0.15) is 0 Å². The molecule has 3 aromatic rings. The Bertz CT molecular complexity index is 810. The van der Waals surface area contributed by atoms with Crippen LogP contribution in [0.2, 0.25) is 5.02 Å². The first-order chi connectivity index (χ1) is 11.6. The lowest BCUT2D eigenvalue weighted by Gasteiger charge is -2.16. The molecule has 0 aliphatic heterocycles. The van der Waals surface area contributed by atoms with Crippen molar-refractivity contribution < 1.29 is 4.79 Å². The fourth-order valence-electron chi connectivity index (χ4n) is 2.54. The number of carbonyl (C=O) groups excluding carboxylic acids is 1. The van der Waals surface area contributed by atoms with Crippen LogP contribution < -0.4 is 5.32 Å². The second kappa shape index (κ2) is 7.36. The van der Waals surface area contributed by atoms with E-state index in [9.17, 15) is 4.79 Å². The summed E-state index contributed by atoms with van der Waals surface area (Å²) in [7, 11) is 0. The van der Waals surface area contributed by atoms with Gasteiger partial charge in [-0.1, -0.05) is 23.7 Å². The monoisotopic (exact) mass is 342 g/mol. The van der Waals surface area contributed by atoms with Crippen LogP contribution in [0.15, 0.2) is 61.2 Å². The van der Waals surface area contributed by atoms with Gasteiger partial charge in [-0.25, -0.2) is 0 Å². The molecular formula is C18H19ClN4O. The molecule has 2 aromatic heterocycles. The zero-order valence-corrected chi connectivity index (χ0v) is 14.1. The van der Waals surface area contributed by atoms with Crippen molar-refractivity contribution >= 4 is 17.5 Å². The SMILES string of the molecule is CC(NC(=O)CCn1cc(Cl)cn1)c1cccc(-n2cccc2)c1. The van der Waals surface area contributed by atoms with Crippen molar-refractivity contribution in [2.75, 3.05) is 0 Å². The van der Waals surface area contributed by atoms with Crippen molar-refractivity contribution in [3.05, 3.63) is 71.8 Å². The lowest BCUT2D eigenvalue weighted by Crippen LogP contribution is -2.27. The molecule has 3 rings (SSSR count). The van der Waals surface area contributed by atoms with E-state index in [4.69, 9.17) is 11.6 Å². The highest BCUT2D eigenvalue weighted by Gasteiger charge is 2.10. The van der Waals surface area contributed by atoms with Crippen molar-refractivity contribution in [1.82, 2.24) is 19.7 Å². The summed E-state index contributed by atoms with van der Waals surface area (Å²) in [5.41, 5.74) is 2.14. The topological polar surface area (TPSA) is 51.9 Å². The van der Waals surface area contributed by atoms with Crippen molar-refractivity contribution in [2.45, 2.75) is 25.9 Å². The molecule has 124 valence electrons. The van der Waals surface area contributed by atoms with Crippen LogP contribution in [-0.2, 0) is 11.3 Å². The standard InChI is InChI=1S/C18H19ClN4O/c1-14(21-18(24)7-10-23-13-16(19)12-20-23)15-5-4-6-17(11-15)22-8-2-3-9-22/h2-6,8-9,11-14H,7,10H2,1H3,(H,21,24). The maximum Gasteiger partial charge on any atom is 0.222 e. The summed E-state index contributed by atoms with van der Waals surface area (Å²) in [6, 6.07) is 12.1. The molecule has 0 fully saturated rings. The minimum atomic E-state index is -0.0609. The summed E-state index contributed by atoms with van der Waals surface area (Å²) in [6.45, 7) is 2.49. The van der Waals surface area contributed by atoms with Crippen molar-refractivity contribution in [3.8, 4) is 5.69 Å². The van der Waals surface area contributed by atoms with Gasteiger partial charge in [0.05, 0.1) is 17.3 Å². The fraction of sp³-hybridized carbons (Fsp3) is 0.222. The maximum atomic E-state index is 12.1. The molecule has 1 amide bonds. The molecule has 1 atom stereocenters. The highest BCUT2D eigenvalue weighted by molar-refractivity contribution is 6.30. The van der Waals surface area contributed by atoms with Crippen LogP contribution in [0, 0.1) is 0 Å². The van der Waals surface area contributed by atoms with Crippen molar-refractivity contribution in [1.29, 1.82) is 0 Å². The molecule has 0 aliphatic rings. The van der Waals surface area contributed by atoms with E-state index >= 15 is 0 Å². The van der Waals surface area contributed by atoms with Gasteiger partial charge in [-0.05, 0) is 36.8 Å². The molecule has 0 aliphatic carbocycles. The number of hydrogen-bond acceptors (Lipinski definition) is 2. The Hall–Kier alpha value is -2.53. The van der Waals surface area contributed by atoms with Crippen molar-refractivity contribution in [2.24, 2.45) is 0 Å². The van der Waals surface area contributed by atoms with Crippen LogP contribution in [-0.4, -0.2) is 20.3 Å². The van der Waals surface area contributed by atoms with Gasteiger partial charge in [-0.2, -0.15) is 5.10 Å². The molecule has 5 nitrogen and oxygen atoms in total. The summed E-state index contributed by atoms with van der Waals surface area (Å²) in [4.78, 5) is 12.1. The number of aromatic nitrogens is 3. The average Bonchev–Trinajstić information content (AvgIpc) is 3.24. The van der Waals surface area contributed by atoms with E-state index in [0.29, 0.717) is 18.0 Å². The quantitative estimate of drug-likeness (QED) is 0.744. The van der Waals surface area contributed by atoms with Crippen LogP contribution in [0.3, 0.4) is 0 Å². The third-order valence-corrected chi connectivity index (χ3v) is 4.02. The number of amides is 1. The molecular weight excluding hydrogens is 324 g/mol. The first kappa shape index (κ1) is 16.3. The van der Waals surface area contributed by atoms with E-state index in [2.05, 4.69) is 16.5 Å². The Morgan fingerprint density at radius 2 is 2.08 bits per heavy atom. The summed E-state index contributed by atoms with van der Waals surface area (Å²) in [5, 5.41) is 7.67. The summed E-state index contributed by atoms with van der Waals surface area (Å²) >= 11 is 5.81. The highest BCUT2D eigenvalue weighted by Crippen LogP contribution is 2.17. The van der Waals surface area contributed by atoms with Gasteiger partial charge in [-0.3, -0.25) is 9.48 Å². The van der Waals surface area contributed by atoms with Gasteiger partial charge < -0.3 is 9.88 Å². The predicted octanol–water partition coefficient (Wildman–Crippen LogP) is 3.59. The van der Waals surface area contributed by atoms with Crippen LogP contribution in [0.25, 0.3) is 5.69 Å². The molecule has 1 aromatic carbocycles. The van der Waals surface area contributed by atoms with Crippen LogP contribution >= 0.6 is 11.6 Å². The van der Waals surface area contributed by atoms with E-state index in [-0.39, 0.29) is 11.9 Å². The molecule has 0 saturated heterocycles. The van der Waals surface area contributed by atoms with E-state index in [1.807, 2.05) is 54.2 Å².